The van der Waals surface area contributed by atoms with E-state index in [9.17, 15) is 0 Å². The van der Waals surface area contributed by atoms with E-state index in [4.69, 9.17) is 23.2 Å². The molecular weight excluding hydrogens is 241 g/mol. The van der Waals surface area contributed by atoms with Crippen LogP contribution in [0.15, 0.2) is 18.2 Å². The minimum absolute atomic E-state index is 0.179. The van der Waals surface area contributed by atoms with Crippen LogP contribution < -0.4 is 5.32 Å². The Bertz CT molecular complexity index is 342. The molecule has 0 aliphatic rings. The van der Waals surface area contributed by atoms with Crippen molar-refractivity contribution in [2.24, 2.45) is 0 Å². The van der Waals surface area contributed by atoms with Gasteiger partial charge in [-0.3, -0.25) is 0 Å². The molecule has 0 fully saturated rings. The van der Waals surface area contributed by atoms with E-state index in [0.29, 0.717) is 10.0 Å². The highest BCUT2D eigenvalue weighted by Gasteiger charge is 2.08. The molecule has 0 bridgehead atoms. The van der Waals surface area contributed by atoms with E-state index in [1.807, 2.05) is 18.2 Å². The zero-order valence-corrected chi connectivity index (χ0v) is 11.6. The quantitative estimate of drug-likeness (QED) is 0.795. The van der Waals surface area contributed by atoms with Crippen LogP contribution in [0.5, 0.6) is 0 Å². The summed E-state index contributed by atoms with van der Waals surface area (Å²) >= 11 is 12.1. The number of hydrogen-bond donors (Lipinski definition) is 1. The lowest BCUT2D eigenvalue weighted by atomic mass is 10.1. The molecule has 0 aliphatic heterocycles. The lowest BCUT2D eigenvalue weighted by Gasteiger charge is -2.20. The van der Waals surface area contributed by atoms with Crippen LogP contribution in [-0.4, -0.2) is 12.1 Å². The molecule has 3 heteroatoms. The fraction of sp³-hybridized carbons (Fsp3) is 0.538. The minimum atomic E-state index is 0.179. The van der Waals surface area contributed by atoms with E-state index in [0.717, 1.165) is 24.9 Å². The molecule has 0 amide bonds. The van der Waals surface area contributed by atoms with Crippen LogP contribution >= 0.6 is 23.2 Å². The van der Waals surface area contributed by atoms with Crippen LogP contribution in [0.25, 0.3) is 0 Å². The summed E-state index contributed by atoms with van der Waals surface area (Å²) in [4.78, 5) is 0. The summed E-state index contributed by atoms with van der Waals surface area (Å²) in [7, 11) is 0. The highest BCUT2D eigenvalue weighted by Crippen LogP contribution is 2.26. The molecule has 0 heterocycles. The van der Waals surface area contributed by atoms with Gasteiger partial charge in [-0.05, 0) is 51.8 Å². The first-order valence-corrected chi connectivity index (χ1v) is 6.34. The van der Waals surface area contributed by atoms with Crippen LogP contribution in [0, 0.1) is 0 Å². The molecule has 16 heavy (non-hydrogen) atoms. The number of nitrogens with one attached hydrogen (secondary N) is 1. The Morgan fingerprint density at radius 1 is 1.19 bits per heavy atom. The van der Waals surface area contributed by atoms with Gasteiger partial charge < -0.3 is 5.32 Å². The minimum Gasteiger partial charge on any atom is -0.312 e. The van der Waals surface area contributed by atoms with Gasteiger partial charge in [-0.15, -0.1) is 0 Å². The van der Waals surface area contributed by atoms with Gasteiger partial charge in [0.05, 0.1) is 10.0 Å². The third-order valence-electron chi connectivity index (χ3n) is 2.31. The van der Waals surface area contributed by atoms with Gasteiger partial charge in [0.2, 0.25) is 0 Å². The van der Waals surface area contributed by atoms with Gasteiger partial charge in [0, 0.05) is 5.54 Å². The fourth-order valence-corrected chi connectivity index (χ4v) is 1.90. The standard InChI is InChI=1S/C13H19Cl2N/c1-13(2,3)16-9-5-7-10-6-4-8-11(14)12(10)15/h4,6,8,16H,5,7,9H2,1-3H3. The molecule has 90 valence electrons. The summed E-state index contributed by atoms with van der Waals surface area (Å²) in [6.07, 6.45) is 2.03. The summed E-state index contributed by atoms with van der Waals surface area (Å²) < 4.78 is 0. The topological polar surface area (TPSA) is 12.0 Å². The first-order valence-electron chi connectivity index (χ1n) is 5.58. The Hall–Kier alpha value is -0.240. The number of rotatable bonds is 4. The second-order valence-electron chi connectivity index (χ2n) is 4.99. The van der Waals surface area contributed by atoms with Crippen LogP contribution in [0.2, 0.25) is 10.0 Å². The van der Waals surface area contributed by atoms with Crippen molar-refractivity contribution in [1.29, 1.82) is 0 Å². The Balaban J connectivity index is 2.41. The van der Waals surface area contributed by atoms with E-state index in [1.165, 1.54) is 0 Å². The molecule has 0 radical (unpaired) electrons. The van der Waals surface area contributed by atoms with Gasteiger partial charge in [0.1, 0.15) is 0 Å². The van der Waals surface area contributed by atoms with Crippen molar-refractivity contribution in [3.63, 3.8) is 0 Å². The molecule has 1 rings (SSSR count). The number of halogens is 2. The first-order chi connectivity index (χ1) is 7.40. The monoisotopic (exact) mass is 259 g/mol. The summed E-state index contributed by atoms with van der Waals surface area (Å²) in [5.74, 6) is 0. The van der Waals surface area contributed by atoms with Gasteiger partial charge in [-0.1, -0.05) is 35.3 Å². The van der Waals surface area contributed by atoms with Crippen LogP contribution in [-0.2, 0) is 6.42 Å². The molecule has 0 spiro atoms. The second-order valence-corrected chi connectivity index (χ2v) is 5.78. The SMILES string of the molecule is CC(C)(C)NCCCc1cccc(Cl)c1Cl. The predicted molar refractivity (Wildman–Crippen MR) is 72.5 cm³/mol. The van der Waals surface area contributed by atoms with Crippen molar-refractivity contribution in [2.45, 2.75) is 39.2 Å². The maximum absolute atomic E-state index is 6.11. The normalized spacial score (nSPS) is 11.8. The maximum Gasteiger partial charge on any atom is 0.0624 e. The molecule has 0 aromatic heterocycles. The molecule has 0 aliphatic carbocycles. The summed E-state index contributed by atoms with van der Waals surface area (Å²) in [5.41, 5.74) is 1.31. The zero-order valence-electron chi connectivity index (χ0n) is 10.1. The average Bonchev–Trinajstić information content (AvgIpc) is 2.17. The predicted octanol–water partition coefficient (Wildman–Crippen LogP) is 4.31. The van der Waals surface area contributed by atoms with E-state index >= 15 is 0 Å². The highest BCUT2D eigenvalue weighted by atomic mass is 35.5. The lowest BCUT2D eigenvalue weighted by Crippen LogP contribution is -2.36. The Labute approximate surface area is 108 Å². The van der Waals surface area contributed by atoms with Gasteiger partial charge in [-0.25, -0.2) is 0 Å². The van der Waals surface area contributed by atoms with E-state index in [2.05, 4.69) is 26.1 Å². The molecule has 1 aromatic carbocycles. The van der Waals surface area contributed by atoms with Crippen molar-refractivity contribution >= 4 is 23.2 Å². The summed E-state index contributed by atoms with van der Waals surface area (Å²) in [5, 5.41) is 4.79. The smallest absolute Gasteiger partial charge is 0.0624 e. The highest BCUT2D eigenvalue weighted by molar-refractivity contribution is 6.42. The largest absolute Gasteiger partial charge is 0.312 e. The van der Waals surface area contributed by atoms with Crippen molar-refractivity contribution in [3.05, 3.63) is 33.8 Å². The molecule has 0 atom stereocenters. The van der Waals surface area contributed by atoms with Gasteiger partial charge in [0.15, 0.2) is 0 Å². The van der Waals surface area contributed by atoms with E-state index in [1.54, 1.807) is 0 Å². The Morgan fingerprint density at radius 3 is 2.50 bits per heavy atom. The van der Waals surface area contributed by atoms with Crippen molar-refractivity contribution < 1.29 is 0 Å². The van der Waals surface area contributed by atoms with Gasteiger partial charge in [0.25, 0.3) is 0 Å². The third kappa shape index (κ3) is 4.73. The van der Waals surface area contributed by atoms with Crippen LogP contribution in [0.3, 0.4) is 0 Å². The van der Waals surface area contributed by atoms with Crippen molar-refractivity contribution in [2.75, 3.05) is 6.54 Å². The van der Waals surface area contributed by atoms with E-state index < -0.39 is 0 Å². The zero-order chi connectivity index (χ0) is 12.2. The van der Waals surface area contributed by atoms with E-state index in [-0.39, 0.29) is 5.54 Å². The third-order valence-corrected chi connectivity index (χ3v) is 3.17. The molecule has 0 saturated carbocycles. The number of benzene rings is 1. The Kier molecular flexibility index (Phi) is 5.10. The van der Waals surface area contributed by atoms with Crippen LogP contribution in [0.4, 0.5) is 0 Å². The summed E-state index contributed by atoms with van der Waals surface area (Å²) in [6, 6.07) is 5.80. The Morgan fingerprint density at radius 2 is 1.88 bits per heavy atom. The number of hydrogen-bond acceptors (Lipinski definition) is 1. The van der Waals surface area contributed by atoms with Gasteiger partial charge >= 0.3 is 0 Å². The molecular formula is C13H19Cl2N. The average molecular weight is 260 g/mol. The summed E-state index contributed by atoms with van der Waals surface area (Å²) in [6.45, 7) is 7.49. The molecule has 1 nitrogen and oxygen atoms in total. The van der Waals surface area contributed by atoms with Crippen molar-refractivity contribution in [3.8, 4) is 0 Å². The maximum atomic E-state index is 6.11. The van der Waals surface area contributed by atoms with Crippen molar-refractivity contribution in [1.82, 2.24) is 5.32 Å². The lowest BCUT2D eigenvalue weighted by molar-refractivity contribution is 0.422. The van der Waals surface area contributed by atoms with Crippen LogP contribution in [0.1, 0.15) is 32.8 Å². The molecule has 1 aromatic rings. The molecule has 1 N–H and O–H groups in total. The fourth-order valence-electron chi connectivity index (χ4n) is 1.48. The molecule has 0 unspecified atom stereocenters. The first kappa shape index (κ1) is 13.8. The second kappa shape index (κ2) is 5.90. The number of aryl methyl sites for hydroxylation is 1. The molecule has 0 saturated heterocycles. The van der Waals surface area contributed by atoms with Gasteiger partial charge in [-0.2, -0.15) is 0 Å².